The van der Waals surface area contributed by atoms with Crippen LogP contribution in [0.15, 0.2) is 16.5 Å². The van der Waals surface area contributed by atoms with Crippen LogP contribution in [0.25, 0.3) is 0 Å². The molecule has 0 aromatic carbocycles. The molecule has 6 heteroatoms. The molecule has 1 aromatic rings. The maximum atomic E-state index is 12.0. The van der Waals surface area contributed by atoms with Crippen LogP contribution in [0.4, 0.5) is 13.2 Å². The van der Waals surface area contributed by atoms with E-state index in [1.807, 2.05) is 0 Å². The minimum Gasteiger partial charge on any atom is -0.464 e. The van der Waals surface area contributed by atoms with E-state index < -0.39 is 18.7 Å². The van der Waals surface area contributed by atoms with Crippen LogP contribution in [-0.2, 0) is 4.74 Å². The zero-order chi connectivity index (χ0) is 13.8. The fourth-order valence-electron chi connectivity index (χ4n) is 1.58. The first-order valence-electron chi connectivity index (χ1n) is 5.80. The number of furan rings is 1. The van der Waals surface area contributed by atoms with Crippen LogP contribution >= 0.6 is 0 Å². The number of aryl methyl sites for hydroxylation is 1. The predicted octanol–water partition coefficient (Wildman–Crippen LogP) is 3.34. The number of hydrogen-bond donors (Lipinski definition) is 1. The summed E-state index contributed by atoms with van der Waals surface area (Å²) in [7, 11) is 0. The van der Waals surface area contributed by atoms with Crippen molar-refractivity contribution >= 4 is 0 Å². The molecule has 0 saturated heterocycles. The van der Waals surface area contributed by atoms with Crippen molar-refractivity contribution < 1.29 is 22.3 Å². The van der Waals surface area contributed by atoms with E-state index in [1.54, 1.807) is 26.0 Å². The first kappa shape index (κ1) is 15.0. The Kier molecular flexibility index (Phi) is 5.22. The fourth-order valence-corrected chi connectivity index (χ4v) is 1.58. The summed E-state index contributed by atoms with van der Waals surface area (Å²) in [6, 6.07) is 3.15. The molecule has 1 heterocycles. The van der Waals surface area contributed by atoms with E-state index in [4.69, 9.17) is 14.9 Å². The van der Waals surface area contributed by atoms with Gasteiger partial charge in [-0.1, -0.05) is 0 Å². The normalized spacial score (nSPS) is 15.7. The summed E-state index contributed by atoms with van der Waals surface area (Å²) < 4.78 is 46.7. The van der Waals surface area contributed by atoms with E-state index in [2.05, 4.69) is 0 Å². The number of nitrogens with two attached hydrogens (primary N) is 1. The molecule has 2 atom stereocenters. The first-order valence-corrected chi connectivity index (χ1v) is 5.80. The Morgan fingerprint density at radius 1 is 1.39 bits per heavy atom. The van der Waals surface area contributed by atoms with Gasteiger partial charge in [0.2, 0.25) is 0 Å². The number of halogens is 3. The minimum absolute atomic E-state index is 0.00542. The molecular formula is C12H18F3NO2. The number of rotatable bonds is 6. The molecule has 0 saturated carbocycles. The lowest BCUT2D eigenvalue weighted by Crippen LogP contribution is -2.27. The Hall–Kier alpha value is -1.01. The predicted molar refractivity (Wildman–Crippen MR) is 61.1 cm³/mol. The van der Waals surface area contributed by atoms with Crippen molar-refractivity contribution in [3.05, 3.63) is 23.7 Å². The maximum absolute atomic E-state index is 12.0. The third kappa shape index (κ3) is 5.10. The van der Waals surface area contributed by atoms with Crippen molar-refractivity contribution in [1.29, 1.82) is 0 Å². The van der Waals surface area contributed by atoms with Gasteiger partial charge in [0.1, 0.15) is 17.6 Å². The van der Waals surface area contributed by atoms with E-state index >= 15 is 0 Å². The molecule has 0 radical (unpaired) electrons. The SMILES string of the molecule is Cc1ccc(C(OCCCC(F)(F)F)C(C)N)o1. The molecule has 0 aliphatic heterocycles. The summed E-state index contributed by atoms with van der Waals surface area (Å²) in [6.45, 7) is 3.52. The monoisotopic (exact) mass is 265 g/mol. The summed E-state index contributed by atoms with van der Waals surface area (Å²) >= 11 is 0. The van der Waals surface area contributed by atoms with Gasteiger partial charge in [0.25, 0.3) is 0 Å². The lowest BCUT2D eigenvalue weighted by atomic mass is 10.1. The highest BCUT2D eigenvalue weighted by molar-refractivity contribution is 5.09. The Morgan fingerprint density at radius 2 is 2.06 bits per heavy atom. The van der Waals surface area contributed by atoms with Gasteiger partial charge < -0.3 is 14.9 Å². The smallest absolute Gasteiger partial charge is 0.389 e. The molecule has 1 aromatic heterocycles. The number of ether oxygens (including phenoxy) is 1. The fraction of sp³-hybridized carbons (Fsp3) is 0.667. The Balaban J connectivity index is 2.45. The molecule has 3 nitrogen and oxygen atoms in total. The van der Waals surface area contributed by atoms with Gasteiger partial charge in [-0.2, -0.15) is 13.2 Å². The zero-order valence-electron chi connectivity index (χ0n) is 10.5. The van der Waals surface area contributed by atoms with Crippen molar-refractivity contribution in [3.8, 4) is 0 Å². The molecule has 0 fully saturated rings. The van der Waals surface area contributed by atoms with Gasteiger partial charge in [-0.25, -0.2) is 0 Å². The molecule has 2 unspecified atom stereocenters. The van der Waals surface area contributed by atoms with Crippen LogP contribution < -0.4 is 5.73 Å². The van der Waals surface area contributed by atoms with Crippen LogP contribution in [0.5, 0.6) is 0 Å². The van der Waals surface area contributed by atoms with Crippen LogP contribution in [-0.4, -0.2) is 18.8 Å². The van der Waals surface area contributed by atoms with Crippen LogP contribution in [0.3, 0.4) is 0 Å². The largest absolute Gasteiger partial charge is 0.464 e. The summed E-state index contributed by atoms with van der Waals surface area (Å²) in [5, 5.41) is 0. The molecule has 0 spiro atoms. The van der Waals surface area contributed by atoms with E-state index in [0.29, 0.717) is 5.76 Å². The summed E-state index contributed by atoms with van der Waals surface area (Å²) in [5.41, 5.74) is 5.74. The quantitative estimate of drug-likeness (QED) is 0.802. The van der Waals surface area contributed by atoms with E-state index in [-0.39, 0.29) is 19.1 Å². The summed E-state index contributed by atoms with van der Waals surface area (Å²) in [5.74, 6) is 1.27. The Morgan fingerprint density at radius 3 is 2.50 bits per heavy atom. The average molecular weight is 265 g/mol. The second kappa shape index (κ2) is 6.24. The third-order valence-electron chi connectivity index (χ3n) is 2.42. The summed E-state index contributed by atoms with van der Waals surface area (Å²) in [4.78, 5) is 0. The lowest BCUT2D eigenvalue weighted by molar-refractivity contribution is -0.139. The van der Waals surface area contributed by atoms with Crippen LogP contribution in [0.1, 0.15) is 37.4 Å². The number of hydrogen-bond acceptors (Lipinski definition) is 3. The van der Waals surface area contributed by atoms with Crippen LogP contribution in [0, 0.1) is 6.92 Å². The van der Waals surface area contributed by atoms with Gasteiger partial charge >= 0.3 is 6.18 Å². The topological polar surface area (TPSA) is 48.4 Å². The highest BCUT2D eigenvalue weighted by Gasteiger charge is 2.27. The van der Waals surface area contributed by atoms with Gasteiger partial charge in [-0.05, 0) is 32.4 Å². The second-order valence-corrected chi connectivity index (χ2v) is 4.32. The molecular weight excluding hydrogens is 247 g/mol. The Bertz CT molecular complexity index is 360. The zero-order valence-corrected chi connectivity index (χ0v) is 10.5. The van der Waals surface area contributed by atoms with Crippen molar-refractivity contribution in [3.63, 3.8) is 0 Å². The molecule has 18 heavy (non-hydrogen) atoms. The molecule has 0 aliphatic carbocycles. The van der Waals surface area contributed by atoms with Gasteiger partial charge in [-0.3, -0.25) is 0 Å². The third-order valence-corrected chi connectivity index (χ3v) is 2.42. The average Bonchev–Trinajstić information content (AvgIpc) is 2.62. The molecule has 104 valence electrons. The molecule has 1 rings (SSSR count). The first-order chi connectivity index (χ1) is 8.29. The van der Waals surface area contributed by atoms with E-state index in [1.165, 1.54) is 0 Å². The molecule has 0 amide bonds. The van der Waals surface area contributed by atoms with Gasteiger partial charge in [0.05, 0.1) is 0 Å². The van der Waals surface area contributed by atoms with Crippen molar-refractivity contribution in [1.82, 2.24) is 0 Å². The Labute approximate surface area is 104 Å². The molecule has 0 bridgehead atoms. The second-order valence-electron chi connectivity index (χ2n) is 4.32. The van der Waals surface area contributed by atoms with E-state index in [0.717, 1.165) is 5.76 Å². The van der Waals surface area contributed by atoms with Crippen molar-refractivity contribution in [2.75, 3.05) is 6.61 Å². The van der Waals surface area contributed by atoms with Crippen LogP contribution in [0.2, 0.25) is 0 Å². The maximum Gasteiger partial charge on any atom is 0.389 e. The van der Waals surface area contributed by atoms with E-state index in [9.17, 15) is 13.2 Å². The molecule has 0 aliphatic rings. The van der Waals surface area contributed by atoms with Gasteiger partial charge in [0.15, 0.2) is 0 Å². The molecule has 2 N–H and O–H groups in total. The standard InChI is InChI=1S/C12H18F3NO2/c1-8-4-5-10(18-8)11(9(2)16)17-7-3-6-12(13,14)15/h4-5,9,11H,3,6-7,16H2,1-2H3. The number of alkyl halides is 3. The highest BCUT2D eigenvalue weighted by atomic mass is 19.4. The summed E-state index contributed by atoms with van der Waals surface area (Å²) in [6.07, 6.45) is -5.58. The highest BCUT2D eigenvalue weighted by Crippen LogP contribution is 2.25. The van der Waals surface area contributed by atoms with Gasteiger partial charge in [-0.15, -0.1) is 0 Å². The van der Waals surface area contributed by atoms with Crippen molar-refractivity contribution in [2.24, 2.45) is 5.73 Å². The minimum atomic E-state index is -4.14. The van der Waals surface area contributed by atoms with Crippen molar-refractivity contribution in [2.45, 2.75) is 45.0 Å². The van der Waals surface area contributed by atoms with Gasteiger partial charge in [0, 0.05) is 19.1 Å². The lowest BCUT2D eigenvalue weighted by Gasteiger charge is -2.19.